The van der Waals surface area contributed by atoms with Gasteiger partial charge in [0.1, 0.15) is 17.1 Å². The number of Topliss-reactive ketones (excluding diaryl/α,β-unsaturated/α-hetero) is 2. The molecule has 0 aliphatic carbocycles. The minimum absolute atomic E-state index is 0.0732. The molecule has 0 unspecified atom stereocenters. The van der Waals surface area contributed by atoms with Crippen LogP contribution in [-0.2, 0) is 9.53 Å². The molecule has 0 bridgehead atoms. The predicted octanol–water partition coefficient (Wildman–Crippen LogP) is 3.15. The Morgan fingerprint density at radius 3 is 2.36 bits per heavy atom. The van der Waals surface area contributed by atoms with Gasteiger partial charge in [-0.05, 0) is 30.5 Å². The van der Waals surface area contributed by atoms with Crippen molar-refractivity contribution in [2.75, 3.05) is 6.61 Å². The Bertz CT molecular complexity index is 581. The first kappa shape index (κ1) is 17.9. The van der Waals surface area contributed by atoms with Crippen LogP contribution < -0.4 is 0 Å². The third kappa shape index (κ3) is 5.31. The van der Waals surface area contributed by atoms with Crippen LogP contribution in [-0.4, -0.2) is 29.2 Å². The molecule has 0 aromatic heterocycles. The number of ether oxygens (including phenoxy) is 1. The molecule has 1 rings (SSSR count). The van der Waals surface area contributed by atoms with E-state index in [0.29, 0.717) is 6.42 Å². The van der Waals surface area contributed by atoms with Gasteiger partial charge in [0, 0.05) is 12.0 Å². The normalized spacial score (nSPS) is 11.1. The first-order valence-electron chi connectivity index (χ1n) is 7.19. The molecule has 22 heavy (non-hydrogen) atoms. The van der Waals surface area contributed by atoms with Crippen LogP contribution in [0.2, 0.25) is 0 Å². The summed E-state index contributed by atoms with van der Waals surface area (Å²) < 4.78 is 4.81. The number of benzene rings is 1. The van der Waals surface area contributed by atoms with E-state index in [9.17, 15) is 19.5 Å². The number of esters is 1. The van der Waals surface area contributed by atoms with Gasteiger partial charge < -0.3 is 9.84 Å². The van der Waals surface area contributed by atoms with E-state index in [1.165, 1.54) is 18.2 Å². The van der Waals surface area contributed by atoms with E-state index in [-0.39, 0.29) is 46.9 Å². The summed E-state index contributed by atoms with van der Waals surface area (Å²) >= 11 is 0. The standard InChI is InChI=1S/C17H22O5/c1-5-22-16(21)13-8-11(6-7-14(13)19)15(20)9-12(18)10-17(2,3)4/h6-8,19H,5,9-10H2,1-4H3. The lowest BCUT2D eigenvalue weighted by atomic mass is 9.88. The van der Waals surface area contributed by atoms with Gasteiger partial charge in [-0.15, -0.1) is 0 Å². The molecular weight excluding hydrogens is 284 g/mol. The molecule has 5 heteroatoms. The topological polar surface area (TPSA) is 80.7 Å². The molecule has 0 heterocycles. The van der Waals surface area contributed by atoms with Crippen LogP contribution in [0.15, 0.2) is 18.2 Å². The summed E-state index contributed by atoms with van der Waals surface area (Å²) in [7, 11) is 0. The Labute approximate surface area is 130 Å². The lowest BCUT2D eigenvalue weighted by Crippen LogP contribution is -2.16. The molecular formula is C17H22O5. The molecule has 1 aromatic carbocycles. The van der Waals surface area contributed by atoms with E-state index < -0.39 is 5.97 Å². The number of carbonyl (C=O) groups excluding carboxylic acids is 3. The average molecular weight is 306 g/mol. The van der Waals surface area contributed by atoms with Crippen molar-refractivity contribution in [3.8, 4) is 5.75 Å². The number of phenols is 1. The van der Waals surface area contributed by atoms with Crippen LogP contribution in [0.4, 0.5) is 0 Å². The first-order valence-corrected chi connectivity index (χ1v) is 7.19. The van der Waals surface area contributed by atoms with E-state index in [0.717, 1.165) is 0 Å². The molecule has 0 radical (unpaired) electrons. The number of rotatable bonds is 6. The number of ketones is 2. The van der Waals surface area contributed by atoms with Gasteiger partial charge >= 0.3 is 5.97 Å². The third-order valence-electron chi connectivity index (χ3n) is 2.90. The second-order valence-electron chi connectivity index (χ2n) is 6.33. The number of hydrogen-bond donors (Lipinski definition) is 1. The maximum absolute atomic E-state index is 12.1. The lowest BCUT2D eigenvalue weighted by Gasteiger charge is -2.16. The van der Waals surface area contributed by atoms with Crippen molar-refractivity contribution >= 4 is 17.5 Å². The summed E-state index contributed by atoms with van der Waals surface area (Å²) in [4.78, 5) is 35.7. The van der Waals surface area contributed by atoms with Crippen LogP contribution >= 0.6 is 0 Å². The predicted molar refractivity (Wildman–Crippen MR) is 82.1 cm³/mol. The molecule has 120 valence electrons. The van der Waals surface area contributed by atoms with Gasteiger partial charge in [0.2, 0.25) is 0 Å². The molecule has 0 saturated carbocycles. The average Bonchev–Trinajstić information content (AvgIpc) is 2.36. The maximum atomic E-state index is 12.1. The molecule has 0 amide bonds. The zero-order chi connectivity index (χ0) is 16.9. The van der Waals surface area contributed by atoms with Crippen LogP contribution in [0.1, 0.15) is 61.3 Å². The van der Waals surface area contributed by atoms with Crippen molar-refractivity contribution in [3.63, 3.8) is 0 Å². The lowest BCUT2D eigenvalue weighted by molar-refractivity contribution is -0.119. The third-order valence-corrected chi connectivity index (χ3v) is 2.90. The van der Waals surface area contributed by atoms with Gasteiger partial charge in [0.05, 0.1) is 13.0 Å². The molecule has 0 atom stereocenters. The van der Waals surface area contributed by atoms with Crippen LogP contribution in [0, 0.1) is 5.41 Å². The highest BCUT2D eigenvalue weighted by molar-refractivity contribution is 6.09. The molecule has 1 aromatic rings. The summed E-state index contributed by atoms with van der Waals surface area (Å²) in [5.41, 5.74) is -0.0401. The highest BCUT2D eigenvalue weighted by Gasteiger charge is 2.21. The van der Waals surface area contributed by atoms with Crippen molar-refractivity contribution in [1.82, 2.24) is 0 Å². The Morgan fingerprint density at radius 2 is 1.82 bits per heavy atom. The fraction of sp³-hybridized carbons (Fsp3) is 0.471. The highest BCUT2D eigenvalue weighted by Crippen LogP contribution is 2.23. The summed E-state index contributed by atoms with van der Waals surface area (Å²) in [6.07, 6.45) is 0.0892. The Kier molecular flexibility index (Phi) is 5.85. The summed E-state index contributed by atoms with van der Waals surface area (Å²) in [6, 6.07) is 3.92. The van der Waals surface area contributed by atoms with Crippen molar-refractivity contribution in [2.45, 2.75) is 40.5 Å². The first-order chi connectivity index (χ1) is 10.1. The van der Waals surface area contributed by atoms with E-state index in [4.69, 9.17) is 4.74 Å². The molecule has 1 N–H and O–H groups in total. The Morgan fingerprint density at radius 1 is 1.18 bits per heavy atom. The number of phenolic OH excluding ortho intramolecular Hbond substituents is 1. The maximum Gasteiger partial charge on any atom is 0.341 e. The van der Waals surface area contributed by atoms with Crippen molar-refractivity contribution in [1.29, 1.82) is 0 Å². The fourth-order valence-corrected chi connectivity index (χ4v) is 2.02. The van der Waals surface area contributed by atoms with Crippen LogP contribution in [0.3, 0.4) is 0 Å². The number of carbonyl (C=O) groups is 3. The van der Waals surface area contributed by atoms with Crippen LogP contribution in [0.5, 0.6) is 5.75 Å². The SMILES string of the molecule is CCOC(=O)c1cc(C(=O)CC(=O)CC(C)(C)C)ccc1O. The van der Waals surface area contributed by atoms with E-state index in [1.807, 2.05) is 20.8 Å². The minimum Gasteiger partial charge on any atom is -0.507 e. The zero-order valence-corrected chi connectivity index (χ0v) is 13.4. The second kappa shape index (κ2) is 7.20. The largest absolute Gasteiger partial charge is 0.507 e. The molecule has 0 fully saturated rings. The van der Waals surface area contributed by atoms with E-state index in [1.54, 1.807) is 6.92 Å². The molecule has 0 saturated heterocycles. The molecule has 0 aliphatic heterocycles. The van der Waals surface area contributed by atoms with Crippen molar-refractivity contribution in [3.05, 3.63) is 29.3 Å². The van der Waals surface area contributed by atoms with Gasteiger partial charge in [-0.1, -0.05) is 20.8 Å². The van der Waals surface area contributed by atoms with Gasteiger partial charge in [-0.25, -0.2) is 4.79 Å². The Hall–Kier alpha value is -2.17. The summed E-state index contributed by atoms with van der Waals surface area (Å²) in [5.74, 6) is -1.48. The van der Waals surface area contributed by atoms with Gasteiger partial charge in [0.25, 0.3) is 0 Å². The Balaban J connectivity index is 2.89. The quantitative estimate of drug-likeness (QED) is 0.496. The zero-order valence-electron chi connectivity index (χ0n) is 13.4. The van der Waals surface area contributed by atoms with E-state index >= 15 is 0 Å². The van der Waals surface area contributed by atoms with Crippen LogP contribution in [0.25, 0.3) is 0 Å². The summed E-state index contributed by atoms with van der Waals surface area (Å²) in [6.45, 7) is 7.59. The van der Waals surface area contributed by atoms with Gasteiger partial charge in [-0.3, -0.25) is 9.59 Å². The minimum atomic E-state index is -0.698. The molecule has 0 spiro atoms. The number of aromatic hydroxyl groups is 1. The summed E-state index contributed by atoms with van der Waals surface area (Å²) in [5, 5.41) is 9.67. The van der Waals surface area contributed by atoms with Gasteiger partial charge in [-0.2, -0.15) is 0 Å². The van der Waals surface area contributed by atoms with Gasteiger partial charge in [0.15, 0.2) is 5.78 Å². The highest BCUT2D eigenvalue weighted by atomic mass is 16.5. The second-order valence-corrected chi connectivity index (χ2v) is 6.33. The molecule has 5 nitrogen and oxygen atoms in total. The van der Waals surface area contributed by atoms with Crippen molar-refractivity contribution in [2.24, 2.45) is 5.41 Å². The molecule has 0 aliphatic rings. The monoisotopic (exact) mass is 306 g/mol. The van der Waals surface area contributed by atoms with Crippen molar-refractivity contribution < 1.29 is 24.2 Å². The van der Waals surface area contributed by atoms with E-state index in [2.05, 4.69) is 0 Å². The number of hydrogen-bond acceptors (Lipinski definition) is 5. The smallest absolute Gasteiger partial charge is 0.341 e. The fourth-order valence-electron chi connectivity index (χ4n) is 2.02.